The van der Waals surface area contributed by atoms with Gasteiger partial charge < -0.3 is 14.4 Å². The average molecular weight is 608 g/mol. The second-order valence-corrected chi connectivity index (χ2v) is 18.1. The number of nitrogens with zero attached hydrogens (tertiary/aromatic N) is 1. The topological polar surface area (TPSA) is 63.7 Å². The van der Waals surface area contributed by atoms with Crippen LogP contribution in [0.4, 0.5) is 0 Å². The van der Waals surface area contributed by atoms with E-state index in [0.717, 1.165) is 64.3 Å². The van der Waals surface area contributed by atoms with Gasteiger partial charge in [0.15, 0.2) is 0 Å². The van der Waals surface area contributed by atoms with Crippen LogP contribution in [0.25, 0.3) is 0 Å². The number of allylic oxidation sites excluding steroid dienone is 1. The lowest BCUT2D eigenvalue weighted by Gasteiger charge is -2.73. The standard InChI is InChI=1S/C39H61NO4/c1-26(2)27-13-18-39(25-41)20-19-36(6)28(33(27)39)11-12-30-35(5)21-22-40(34(3,4)29(35)14-17-37(30,36)7)31(42)23-38(15-9-10-16-38)24-32(43)44-8/h25,27-30,33H,1,9-24H2,2-8H3/t27-,28+,29-,30+,33+,35-,36+,37+,39+/m0/s1. The third-order valence-electron chi connectivity index (χ3n) is 16.3. The molecule has 44 heavy (non-hydrogen) atoms. The van der Waals surface area contributed by atoms with Gasteiger partial charge in [-0.3, -0.25) is 9.59 Å². The number of likely N-dealkylation sites (tertiary alicyclic amines) is 1. The largest absolute Gasteiger partial charge is 0.469 e. The summed E-state index contributed by atoms with van der Waals surface area (Å²) in [5.41, 5.74) is 1.32. The fourth-order valence-corrected chi connectivity index (χ4v) is 13.9. The zero-order chi connectivity index (χ0) is 31.9. The number of amides is 1. The Labute approximate surface area is 267 Å². The minimum absolute atomic E-state index is 0.143. The summed E-state index contributed by atoms with van der Waals surface area (Å²) in [7, 11) is 1.46. The van der Waals surface area contributed by atoms with Crippen LogP contribution in [0.3, 0.4) is 0 Å². The first-order chi connectivity index (χ1) is 20.6. The molecule has 6 fully saturated rings. The molecule has 1 amide bonds. The number of methoxy groups -OCH3 is 1. The van der Waals surface area contributed by atoms with Crippen molar-refractivity contribution >= 4 is 18.2 Å². The Hall–Kier alpha value is -1.65. The van der Waals surface area contributed by atoms with Crippen LogP contribution in [0.15, 0.2) is 12.2 Å². The third kappa shape index (κ3) is 4.39. The van der Waals surface area contributed by atoms with Gasteiger partial charge in [-0.25, -0.2) is 0 Å². The van der Waals surface area contributed by atoms with Crippen LogP contribution in [0, 0.1) is 56.7 Å². The van der Waals surface area contributed by atoms with Gasteiger partial charge in [-0.1, -0.05) is 45.8 Å². The monoisotopic (exact) mass is 607 g/mol. The summed E-state index contributed by atoms with van der Waals surface area (Å²) < 4.78 is 5.06. The molecule has 0 aromatic heterocycles. The first kappa shape index (κ1) is 32.3. The Morgan fingerprint density at radius 1 is 0.841 bits per heavy atom. The molecule has 6 rings (SSSR count). The molecule has 1 heterocycles. The van der Waals surface area contributed by atoms with Crippen molar-refractivity contribution in [1.82, 2.24) is 4.90 Å². The summed E-state index contributed by atoms with van der Waals surface area (Å²) >= 11 is 0. The zero-order valence-corrected chi connectivity index (χ0v) is 29.1. The van der Waals surface area contributed by atoms with Gasteiger partial charge in [0.25, 0.3) is 0 Å². The van der Waals surface area contributed by atoms with Gasteiger partial charge in [-0.15, -0.1) is 0 Å². The van der Waals surface area contributed by atoms with E-state index in [2.05, 4.69) is 53.0 Å². The molecule has 9 atom stereocenters. The number of piperidine rings is 1. The van der Waals surface area contributed by atoms with E-state index in [9.17, 15) is 14.4 Å². The van der Waals surface area contributed by atoms with Crippen molar-refractivity contribution < 1.29 is 19.1 Å². The number of aldehydes is 1. The summed E-state index contributed by atoms with van der Waals surface area (Å²) in [6.07, 6.45) is 16.6. The van der Waals surface area contributed by atoms with Crippen LogP contribution in [-0.4, -0.2) is 42.3 Å². The molecule has 5 aliphatic carbocycles. The van der Waals surface area contributed by atoms with Gasteiger partial charge in [0, 0.05) is 23.9 Å². The second-order valence-electron chi connectivity index (χ2n) is 18.1. The first-order valence-electron chi connectivity index (χ1n) is 18.1. The van der Waals surface area contributed by atoms with Crippen LogP contribution < -0.4 is 0 Å². The number of carbonyl (C=O) groups excluding carboxylic acids is 3. The van der Waals surface area contributed by atoms with Gasteiger partial charge in [0.2, 0.25) is 5.91 Å². The molecule has 5 nitrogen and oxygen atoms in total. The molecule has 0 radical (unpaired) electrons. The van der Waals surface area contributed by atoms with E-state index in [-0.39, 0.29) is 44.5 Å². The van der Waals surface area contributed by atoms with E-state index in [1.165, 1.54) is 44.7 Å². The molecule has 6 aliphatic rings. The fraction of sp³-hybridized carbons (Fsp3) is 0.872. The maximum atomic E-state index is 14.2. The van der Waals surface area contributed by atoms with Crippen LogP contribution in [-0.2, 0) is 19.1 Å². The zero-order valence-electron chi connectivity index (χ0n) is 29.1. The molecule has 0 spiro atoms. The minimum Gasteiger partial charge on any atom is -0.469 e. The van der Waals surface area contributed by atoms with Crippen molar-refractivity contribution in [2.24, 2.45) is 56.7 Å². The molecule has 1 aliphatic heterocycles. The molecular weight excluding hydrogens is 546 g/mol. The lowest BCUT2D eigenvalue weighted by atomic mass is 9.33. The van der Waals surface area contributed by atoms with E-state index in [1.54, 1.807) is 0 Å². The second kappa shape index (κ2) is 10.7. The summed E-state index contributed by atoms with van der Waals surface area (Å²) in [6, 6.07) is 0. The van der Waals surface area contributed by atoms with Crippen molar-refractivity contribution in [3.8, 4) is 0 Å². The molecule has 0 aromatic rings. The van der Waals surface area contributed by atoms with Crippen LogP contribution in [0.1, 0.15) is 138 Å². The number of hydrogen-bond acceptors (Lipinski definition) is 4. The predicted octanol–water partition coefficient (Wildman–Crippen LogP) is 8.55. The van der Waals surface area contributed by atoms with Gasteiger partial charge >= 0.3 is 5.97 Å². The van der Waals surface area contributed by atoms with E-state index < -0.39 is 0 Å². The summed E-state index contributed by atoms with van der Waals surface area (Å²) in [4.78, 5) is 41.6. The SMILES string of the molecule is C=C(C)[C@@H]1CC[C@]2(C=O)CC[C@]3(C)[C@H](CC[C@@H]4[C@@]5(C)CCN(C(=O)CC6(CC(=O)OC)CCCC6)C(C)(C)[C@@H]5CC[C@]43C)[C@@H]12. The number of fused-ring (bicyclic) bond motifs is 7. The van der Waals surface area contributed by atoms with Gasteiger partial charge in [0.1, 0.15) is 6.29 Å². The third-order valence-corrected chi connectivity index (χ3v) is 16.3. The summed E-state index contributed by atoms with van der Waals surface area (Å²) in [5.74, 6) is 2.66. The van der Waals surface area contributed by atoms with Crippen molar-refractivity contribution in [1.29, 1.82) is 0 Å². The lowest BCUT2D eigenvalue weighted by molar-refractivity contribution is -0.239. The highest BCUT2D eigenvalue weighted by Crippen LogP contribution is 2.76. The highest BCUT2D eigenvalue weighted by molar-refractivity contribution is 5.79. The Morgan fingerprint density at radius 2 is 1.55 bits per heavy atom. The number of ether oxygens (including phenoxy) is 1. The molecule has 246 valence electrons. The number of rotatable bonds is 6. The lowest BCUT2D eigenvalue weighted by Crippen LogP contribution is -2.70. The highest BCUT2D eigenvalue weighted by atomic mass is 16.5. The molecular formula is C39H61NO4. The van der Waals surface area contributed by atoms with Gasteiger partial charge in [-0.2, -0.15) is 0 Å². The molecule has 5 saturated carbocycles. The maximum absolute atomic E-state index is 14.2. The van der Waals surface area contributed by atoms with Crippen molar-refractivity contribution in [3.63, 3.8) is 0 Å². The molecule has 0 unspecified atom stereocenters. The number of carbonyl (C=O) groups is 3. The highest BCUT2D eigenvalue weighted by Gasteiger charge is 2.71. The Balaban J connectivity index is 1.26. The quantitative estimate of drug-likeness (QED) is 0.172. The van der Waals surface area contributed by atoms with Gasteiger partial charge in [-0.05, 0) is 143 Å². The fourth-order valence-electron chi connectivity index (χ4n) is 13.9. The van der Waals surface area contributed by atoms with Crippen LogP contribution in [0.2, 0.25) is 0 Å². The number of hydrogen-bond donors (Lipinski definition) is 0. The van der Waals surface area contributed by atoms with Crippen molar-refractivity contribution in [2.75, 3.05) is 13.7 Å². The van der Waals surface area contributed by atoms with Crippen LogP contribution >= 0.6 is 0 Å². The van der Waals surface area contributed by atoms with E-state index in [1.807, 2.05) is 0 Å². The van der Waals surface area contributed by atoms with E-state index in [0.29, 0.717) is 42.4 Å². The van der Waals surface area contributed by atoms with Gasteiger partial charge in [0.05, 0.1) is 13.5 Å². The molecule has 0 N–H and O–H groups in total. The Morgan fingerprint density at radius 3 is 2.18 bits per heavy atom. The van der Waals surface area contributed by atoms with Crippen LogP contribution in [0.5, 0.6) is 0 Å². The Bertz CT molecular complexity index is 1200. The van der Waals surface area contributed by atoms with Crippen molar-refractivity contribution in [2.45, 2.75) is 143 Å². The number of esters is 1. The molecule has 5 heteroatoms. The first-order valence-corrected chi connectivity index (χ1v) is 18.1. The molecule has 1 saturated heterocycles. The Kier molecular flexibility index (Phi) is 7.85. The van der Waals surface area contributed by atoms with E-state index >= 15 is 0 Å². The predicted molar refractivity (Wildman–Crippen MR) is 175 cm³/mol. The molecule has 0 bridgehead atoms. The smallest absolute Gasteiger partial charge is 0.306 e. The minimum atomic E-state index is -0.237. The normalized spacial score (nSPS) is 45.3. The summed E-state index contributed by atoms with van der Waals surface area (Å²) in [5, 5.41) is 0. The average Bonchev–Trinajstić information content (AvgIpc) is 3.58. The van der Waals surface area contributed by atoms with Crippen molar-refractivity contribution in [3.05, 3.63) is 12.2 Å². The molecule has 0 aromatic carbocycles. The maximum Gasteiger partial charge on any atom is 0.306 e. The summed E-state index contributed by atoms with van der Waals surface area (Å²) in [6.45, 7) is 20.0. The van der Waals surface area contributed by atoms with E-state index in [4.69, 9.17) is 4.74 Å².